The number of hydrogen-bond acceptors (Lipinski definition) is 3. The van der Waals surface area contributed by atoms with E-state index in [1.54, 1.807) is 12.4 Å². The van der Waals surface area contributed by atoms with Gasteiger partial charge in [0.15, 0.2) is 5.82 Å². The first-order chi connectivity index (χ1) is 24.7. The molecule has 2 aliphatic carbocycles. The highest BCUT2D eigenvalue weighted by Crippen LogP contribution is 2.61. The SMILES string of the molecule is Cc1ccc(-c2cc(-c3ccc4c(c3)C3(c5ccccc5-c5ccccc5-4)c4ccccc4-c4ccccc43)nc(-c3ccncc3)n2)cc1. The quantitative estimate of drug-likeness (QED) is 0.193. The topological polar surface area (TPSA) is 38.7 Å². The third-order valence-electron chi connectivity index (χ3n) is 10.5. The Balaban J connectivity index is 1.31. The van der Waals surface area contributed by atoms with Crippen LogP contribution in [0.15, 0.2) is 170 Å². The average Bonchev–Trinajstić information content (AvgIpc) is 3.43. The Morgan fingerprint density at radius 3 is 1.42 bits per heavy atom. The lowest BCUT2D eigenvalue weighted by atomic mass is 9.65. The van der Waals surface area contributed by atoms with Crippen LogP contribution in [-0.4, -0.2) is 15.0 Å². The Labute approximate surface area is 291 Å². The molecule has 234 valence electrons. The Bertz CT molecular complexity index is 2560. The minimum Gasteiger partial charge on any atom is -0.265 e. The minimum atomic E-state index is -0.547. The van der Waals surface area contributed by atoms with Crippen LogP contribution >= 0.6 is 0 Å². The van der Waals surface area contributed by atoms with Crippen molar-refractivity contribution in [2.75, 3.05) is 0 Å². The molecule has 0 saturated heterocycles. The van der Waals surface area contributed by atoms with Crippen molar-refractivity contribution in [1.29, 1.82) is 0 Å². The second-order valence-corrected chi connectivity index (χ2v) is 13.3. The summed E-state index contributed by atoms with van der Waals surface area (Å²) in [6, 6.07) is 57.4. The highest BCUT2D eigenvalue weighted by molar-refractivity contribution is 5.97. The van der Waals surface area contributed by atoms with Gasteiger partial charge in [0.1, 0.15) is 0 Å². The van der Waals surface area contributed by atoms with Gasteiger partial charge in [0, 0.05) is 29.1 Å². The summed E-state index contributed by atoms with van der Waals surface area (Å²) >= 11 is 0. The number of rotatable bonds is 3. The summed E-state index contributed by atoms with van der Waals surface area (Å²) in [6.45, 7) is 2.11. The van der Waals surface area contributed by atoms with Crippen molar-refractivity contribution in [3.05, 3.63) is 198 Å². The van der Waals surface area contributed by atoms with Crippen LogP contribution in [0, 0.1) is 6.92 Å². The Hall–Kier alpha value is -6.45. The molecule has 0 amide bonds. The van der Waals surface area contributed by atoms with Crippen LogP contribution in [0.2, 0.25) is 0 Å². The molecular formula is C47H31N3. The molecule has 10 rings (SSSR count). The first-order valence-electron chi connectivity index (χ1n) is 17.1. The first-order valence-corrected chi connectivity index (χ1v) is 17.1. The summed E-state index contributed by atoms with van der Waals surface area (Å²) in [7, 11) is 0. The van der Waals surface area contributed by atoms with Crippen molar-refractivity contribution in [3.8, 4) is 67.3 Å². The molecule has 0 N–H and O–H groups in total. The van der Waals surface area contributed by atoms with E-state index in [4.69, 9.17) is 9.97 Å². The van der Waals surface area contributed by atoms with Crippen LogP contribution in [0.25, 0.3) is 67.3 Å². The molecule has 0 atom stereocenters. The number of fused-ring (bicyclic) bond motifs is 12. The lowest BCUT2D eigenvalue weighted by Gasteiger charge is -2.35. The van der Waals surface area contributed by atoms with Gasteiger partial charge in [0.05, 0.1) is 16.8 Å². The molecule has 3 heteroatoms. The molecule has 0 aliphatic heterocycles. The van der Waals surface area contributed by atoms with E-state index in [-0.39, 0.29) is 0 Å². The van der Waals surface area contributed by atoms with E-state index in [0.717, 1.165) is 28.1 Å². The largest absolute Gasteiger partial charge is 0.265 e. The van der Waals surface area contributed by atoms with Crippen LogP contribution in [0.1, 0.15) is 27.8 Å². The fourth-order valence-corrected chi connectivity index (χ4v) is 8.30. The van der Waals surface area contributed by atoms with Gasteiger partial charge < -0.3 is 0 Å². The zero-order valence-corrected chi connectivity index (χ0v) is 27.5. The van der Waals surface area contributed by atoms with E-state index >= 15 is 0 Å². The van der Waals surface area contributed by atoms with Gasteiger partial charge in [-0.25, -0.2) is 9.97 Å². The Kier molecular flexibility index (Phi) is 6.31. The van der Waals surface area contributed by atoms with Crippen molar-refractivity contribution in [3.63, 3.8) is 0 Å². The molecule has 0 radical (unpaired) electrons. The van der Waals surface area contributed by atoms with Gasteiger partial charge in [0.25, 0.3) is 0 Å². The van der Waals surface area contributed by atoms with E-state index < -0.39 is 5.41 Å². The zero-order chi connectivity index (χ0) is 33.2. The van der Waals surface area contributed by atoms with Gasteiger partial charge in [0.2, 0.25) is 0 Å². The normalized spacial score (nSPS) is 13.1. The van der Waals surface area contributed by atoms with E-state index in [1.807, 2.05) is 12.1 Å². The van der Waals surface area contributed by atoms with Crippen molar-refractivity contribution in [2.45, 2.75) is 12.3 Å². The fraction of sp³-hybridized carbons (Fsp3) is 0.0426. The summed E-state index contributed by atoms with van der Waals surface area (Å²) in [4.78, 5) is 14.6. The number of hydrogen-bond donors (Lipinski definition) is 0. The lowest BCUT2D eigenvalue weighted by Crippen LogP contribution is -2.29. The third kappa shape index (κ3) is 4.13. The molecule has 0 unspecified atom stereocenters. The summed E-state index contributed by atoms with van der Waals surface area (Å²) in [5.41, 5.74) is 18.2. The number of pyridine rings is 1. The molecule has 2 heterocycles. The van der Waals surface area contributed by atoms with Gasteiger partial charge in [-0.05, 0) is 86.8 Å². The van der Waals surface area contributed by atoms with E-state index in [2.05, 4.69) is 158 Å². The lowest BCUT2D eigenvalue weighted by molar-refractivity contribution is 0.775. The second-order valence-electron chi connectivity index (χ2n) is 13.3. The number of aromatic nitrogens is 3. The van der Waals surface area contributed by atoms with Gasteiger partial charge in [-0.15, -0.1) is 0 Å². The van der Waals surface area contributed by atoms with Crippen molar-refractivity contribution >= 4 is 0 Å². The maximum atomic E-state index is 5.24. The molecule has 2 aliphatic rings. The van der Waals surface area contributed by atoms with E-state index in [1.165, 1.54) is 61.2 Å². The van der Waals surface area contributed by atoms with Crippen LogP contribution in [0.3, 0.4) is 0 Å². The van der Waals surface area contributed by atoms with Crippen molar-refractivity contribution in [1.82, 2.24) is 15.0 Å². The van der Waals surface area contributed by atoms with Gasteiger partial charge >= 0.3 is 0 Å². The molecule has 50 heavy (non-hydrogen) atoms. The molecule has 2 aromatic heterocycles. The predicted octanol–water partition coefficient (Wildman–Crippen LogP) is 11.2. The highest BCUT2D eigenvalue weighted by Gasteiger charge is 2.49. The summed E-state index contributed by atoms with van der Waals surface area (Å²) in [6.07, 6.45) is 3.60. The average molecular weight is 638 g/mol. The molecular weight excluding hydrogens is 607 g/mol. The Morgan fingerprint density at radius 2 is 0.840 bits per heavy atom. The van der Waals surface area contributed by atoms with Crippen LogP contribution in [0.4, 0.5) is 0 Å². The Morgan fingerprint density at radius 1 is 0.380 bits per heavy atom. The molecule has 0 fully saturated rings. The minimum absolute atomic E-state index is 0.547. The maximum Gasteiger partial charge on any atom is 0.160 e. The molecule has 3 nitrogen and oxygen atoms in total. The number of nitrogens with zero attached hydrogens (tertiary/aromatic N) is 3. The van der Waals surface area contributed by atoms with Gasteiger partial charge in [-0.3, -0.25) is 4.98 Å². The maximum absolute atomic E-state index is 5.24. The fourth-order valence-electron chi connectivity index (χ4n) is 8.30. The summed E-state index contributed by atoms with van der Waals surface area (Å²) < 4.78 is 0. The van der Waals surface area contributed by atoms with E-state index in [0.29, 0.717) is 5.82 Å². The van der Waals surface area contributed by atoms with Crippen molar-refractivity contribution in [2.24, 2.45) is 0 Å². The van der Waals surface area contributed by atoms with Crippen LogP contribution < -0.4 is 0 Å². The third-order valence-corrected chi connectivity index (χ3v) is 10.5. The molecule has 0 saturated carbocycles. The smallest absolute Gasteiger partial charge is 0.160 e. The van der Waals surface area contributed by atoms with Gasteiger partial charge in [-0.2, -0.15) is 0 Å². The van der Waals surface area contributed by atoms with Gasteiger partial charge in [-0.1, -0.05) is 139 Å². The summed E-state index contributed by atoms with van der Waals surface area (Å²) in [5, 5.41) is 0. The predicted molar refractivity (Wildman–Crippen MR) is 203 cm³/mol. The highest BCUT2D eigenvalue weighted by atomic mass is 14.9. The summed E-state index contributed by atoms with van der Waals surface area (Å²) in [5.74, 6) is 0.678. The second kappa shape index (κ2) is 11.0. The molecule has 1 spiro atoms. The molecule has 0 bridgehead atoms. The molecule has 6 aromatic carbocycles. The zero-order valence-electron chi connectivity index (χ0n) is 27.5. The number of aryl methyl sites for hydroxylation is 1. The van der Waals surface area contributed by atoms with Crippen LogP contribution in [0.5, 0.6) is 0 Å². The van der Waals surface area contributed by atoms with Crippen LogP contribution in [-0.2, 0) is 5.41 Å². The molecule has 8 aromatic rings. The van der Waals surface area contributed by atoms with E-state index in [9.17, 15) is 0 Å². The monoisotopic (exact) mass is 637 g/mol. The first kappa shape index (κ1) is 28.6. The standard InChI is InChI=1S/C47H31N3/c1-30-18-20-31(21-19-30)44-29-45(50-46(49-44)32-24-26-48-27-25-32)33-22-23-39-35-11-3-2-10-34(35)36-12-4-7-15-40(36)47(43(39)28-33)41-16-8-5-13-37(41)38-14-6-9-17-42(38)47/h2-29H,1H3. The van der Waals surface area contributed by atoms with Crippen molar-refractivity contribution < 1.29 is 0 Å². The number of benzene rings is 6.